The number of hydrogen-bond acceptors (Lipinski definition) is 5. The zero-order chi connectivity index (χ0) is 17.2. The van der Waals surface area contributed by atoms with E-state index < -0.39 is 0 Å². The number of H-pyrrole nitrogens is 1. The van der Waals surface area contributed by atoms with Crippen LogP contribution in [0.15, 0.2) is 40.9 Å². The minimum absolute atomic E-state index is 0.306. The predicted octanol–water partition coefficient (Wildman–Crippen LogP) is 3.32. The average Bonchev–Trinajstić information content (AvgIpc) is 3.28. The molecule has 4 rings (SSSR count). The Balaban J connectivity index is 1.45. The Morgan fingerprint density at radius 2 is 2.32 bits per heavy atom. The van der Waals surface area contributed by atoms with E-state index in [9.17, 15) is 4.79 Å². The summed E-state index contributed by atoms with van der Waals surface area (Å²) in [5, 5.41) is 0. The summed E-state index contributed by atoms with van der Waals surface area (Å²) in [6, 6.07) is 9.74. The van der Waals surface area contributed by atoms with Crippen LogP contribution < -0.4 is 0 Å². The number of fused-ring (bicyclic) bond motifs is 1. The normalized spacial score (nSPS) is 18.5. The molecule has 1 atom stereocenters. The maximum Gasteiger partial charge on any atom is 0.354 e. The van der Waals surface area contributed by atoms with Gasteiger partial charge in [0.05, 0.1) is 7.11 Å². The first kappa shape index (κ1) is 15.9. The highest BCUT2D eigenvalue weighted by Crippen LogP contribution is 2.29. The van der Waals surface area contributed by atoms with Crippen molar-refractivity contribution >= 4 is 17.1 Å². The summed E-state index contributed by atoms with van der Waals surface area (Å²) in [6.07, 6.45) is 4.07. The van der Waals surface area contributed by atoms with Crippen molar-refractivity contribution in [1.29, 1.82) is 0 Å². The molecule has 6 nitrogen and oxygen atoms in total. The SMILES string of the molecule is COC(=O)c1cc(CN2CCC[C@H](c3nc4ccccc4o3)C2)c[nH]1. The second-order valence-electron chi connectivity index (χ2n) is 6.51. The number of rotatable bonds is 4. The largest absolute Gasteiger partial charge is 0.464 e. The molecule has 2 aromatic heterocycles. The van der Waals surface area contributed by atoms with Gasteiger partial charge >= 0.3 is 5.97 Å². The third-order valence-corrected chi connectivity index (χ3v) is 4.72. The lowest BCUT2D eigenvalue weighted by molar-refractivity contribution is 0.0594. The number of carbonyl (C=O) groups is 1. The zero-order valence-corrected chi connectivity index (χ0v) is 14.2. The molecule has 1 N–H and O–H groups in total. The Morgan fingerprint density at radius 1 is 1.44 bits per heavy atom. The maximum atomic E-state index is 11.6. The summed E-state index contributed by atoms with van der Waals surface area (Å²) in [7, 11) is 1.39. The van der Waals surface area contributed by atoms with Crippen LogP contribution in [-0.2, 0) is 11.3 Å². The number of aromatic amines is 1. The number of nitrogens with one attached hydrogen (secondary N) is 1. The first-order valence-electron chi connectivity index (χ1n) is 8.56. The summed E-state index contributed by atoms with van der Waals surface area (Å²) >= 11 is 0. The summed E-state index contributed by atoms with van der Waals surface area (Å²) < 4.78 is 10.7. The van der Waals surface area contributed by atoms with E-state index in [1.165, 1.54) is 7.11 Å². The van der Waals surface area contributed by atoms with Gasteiger partial charge in [-0.3, -0.25) is 4.90 Å². The van der Waals surface area contributed by atoms with Gasteiger partial charge in [0, 0.05) is 25.2 Å². The molecule has 6 heteroatoms. The number of oxazole rings is 1. The van der Waals surface area contributed by atoms with Gasteiger partial charge in [0.25, 0.3) is 0 Å². The molecular formula is C19H21N3O3. The van der Waals surface area contributed by atoms with Crippen LogP contribution in [0.5, 0.6) is 0 Å². The Morgan fingerprint density at radius 3 is 3.16 bits per heavy atom. The molecule has 3 heterocycles. The molecule has 0 bridgehead atoms. The number of benzene rings is 1. The van der Waals surface area contributed by atoms with Crippen molar-refractivity contribution in [3.63, 3.8) is 0 Å². The molecule has 0 spiro atoms. The van der Waals surface area contributed by atoms with Crippen molar-refractivity contribution in [2.45, 2.75) is 25.3 Å². The minimum atomic E-state index is -0.339. The third kappa shape index (κ3) is 3.30. The van der Waals surface area contributed by atoms with Crippen LogP contribution >= 0.6 is 0 Å². The first-order valence-corrected chi connectivity index (χ1v) is 8.56. The Bertz CT molecular complexity index is 850. The van der Waals surface area contributed by atoms with Crippen LogP contribution in [0.25, 0.3) is 11.1 Å². The third-order valence-electron chi connectivity index (χ3n) is 4.72. The van der Waals surface area contributed by atoms with Crippen molar-refractivity contribution in [3.05, 3.63) is 53.7 Å². The van der Waals surface area contributed by atoms with Crippen molar-refractivity contribution in [2.24, 2.45) is 0 Å². The Kier molecular flexibility index (Phi) is 4.28. The fraction of sp³-hybridized carbons (Fsp3) is 0.368. The van der Waals surface area contributed by atoms with E-state index >= 15 is 0 Å². The van der Waals surface area contributed by atoms with Crippen LogP contribution in [0, 0.1) is 0 Å². The molecular weight excluding hydrogens is 318 g/mol. The molecule has 0 aliphatic carbocycles. The number of aromatic nitrogens is 2. The predicted molar refractivity (Wildman–Crippen MR) is 93.4 cm³/mol. The quantitative estimate of drug-likeness (QED) is 0.738. The smallest absolute Gasteiger partial charge is 0.354 e. The molecule has 130 valence electrons. The second-order valence-corrected chi connectivity index (χ2v) is 6.51. The number of ether oxygens (including phenoxy) is 1. The van der Waals surface area contributed by atoms with Gasteiger partial charge in [0.15, 0.2) is 11.5 Å². The van der Waals surface area contributed by atoms with Crippen molar-refractivity contribution in [1.82, 2.24) is 14.9 Å². The zero-order valence-electron chi connectivity index (χ0n) is 14.2. The molecule has 0 amide bonds. The summed E-state index contributed by atoms with van der Waals surface area (Å²) in [5.74, 6) is 0.796. The van der Waals surface area contributed by atoms with E-state index in [1.807, 2.05) is 36.5 Å². The van der Waals surface area contributed by atoms with E-state index in [0.29, 0.717) is 11.6 Å². The molecule has 1 fully saturated rings. The standard InChI is InChI=1S/C19H21N3O3/c1-24-19(23)16-9-13(10-20-16)11-22-8-4-5-14(12-22)18-21-15-6-2-3-7-17(15)25-18/h2-3,6-7,9-10,14,20H,4-5,8,11-12H2,1H3/t14-/m0/s1. The molecule has 0 saturated carbocycles. The Hall–Kier alpha value is -2.60. The van der Waals surface area contributed by atoms with E-state index in [0.717, 1.165) is 55.0 Å². The molecule has 0 unspecified atom stereocenters. The Labute approximate surface area is 145 Å². The van der Waals surface area contributed by atoms with Crippen LogP contribution in [0.1, 0.15) is 40.7 Å². The topological polar surface area (TPSA) is 71.4 Å². The van der Waals surface area contributed by atoms with Crippen molar-refractivity contribution < 1.29 is 13.9 Å². The van der Waals surface area contributed by atoms with E-state index in [4.69, 9.17) is 9.15 Å². The lowest BCUT2D eigenvalue weighted by Crippen LogP contribution is -2.33. The molecule has 1 aromatic carbocycles. The highest BCUT2D eigenvalue weighted by atomic mass is 16.5. The minimum Gasteiger partial charge on any atom is -0.464 e. The van der Waals surface area contributed by atoms with E-state index in [2.05, 4.69) is 14.9 Å². The number of nitrogens with zero attached hydrogens (tertiary/aromatic N) is 2. The van der Waals surface area contributed by atoms with Gasteiger partial charge in [-0.15, -0.1) is 0 Å². The van der Waals surface area contributed by atoms with Gasteiger partial charge in [-0.2, -0.15) is 0 Å². The van der Waals surface area contributed by atoms with Gasteiger partial charge in [-0.05, 0) is 43.1 Å². The molecule has 25 heavy (non-hydrogen) atoms. The number of likely N-dealkylation sites (tertiary alicyclic amines) is 1. The van der Waals surface area contributed by atoms with Crippen LogP contribution in [0.4, 0.5) is 0 Å². The van der Waals surface area contributed by atoms with Crippen molar-refractivity contribution in [2.75, 3.05) is 20.2 Å². The molecule has 1 aliphatic rings. The van der Waals surface area contributed by atoms with Gasteiger partial charge in [-0.25, -0.2) is 9.78 Å². The first-order chi connectivity index (χ1) is 12.2. The van der Waals surface area contributed by atoms with Crippen LogP contribution in [-0.4, -0.2) is 41.0 Å². The number of carbonyl (C=O) groups excluding carboxylic acids is 1. The van der Waals surface area contributed by atoms with Crippen LogP contribution in [0.3, 0.4) is 0 Å². The average molecular weight is 339 g/mol. The van der Waals surface area contributed by atoms with Crippen molar-refractivity contribution in [3.8, 4) is 0 Å². The highest BCUT2D eigenvalue weighted by Gasteiger charge is 2.25. The monoisotopic (exact) mass is 339 g/mol. The number of esters is 1. The second kappa shape index (κ2) is 6.72. The van der Waals surface area contributed by atoms with Gasteiger partial charge in [0.2, 0.25) is 0 Å². The molecule has 3 aromatic rings. The fourth-order valence-corrected chi connectivity index (χ4v) is 3.48. The number of piperidine rings is 1. The lowest BCUT2D eigenvalue weighted by Gasteiger charge is -2.30. The van der Waals surface area contributed by atoms with Gasteiger partial charge in [0.1, 0.15) is 11.2 Å². The summed E-state index contributed by atoms with van der Waals surface area (Å²) in [5.41, 5.74) is 3.34. The van der Waals surface area contributed by atoms with E-state index in [1.54, 1.807) is 0 Å². The summed E-state index contributed by atoms with van der Waals surface area (Å²) in [6.45, 7) is 2.74. The summed E-state index contributed by atoms with van der Waals surface area (Å²) in [4.78, 5) is 21.6. The number of methoxy groups -OCH3 is 1. The molecule has 0 radical (unpaired) electrons. The van der Waals surface area contributed by atoms with Crippen LogP contribution in [0.2, 0.25) is 0 Å². The molecule has 1 saturated heterocycles. The van der Waals surface area contributed by atoms with E-state index in [-0.39, 0.29) is 5.97 Å². The fourth-order valence-electron chi connectivity index (χ4n) is 3.48. The highest BCUT2D eigenvalue weighted by molar-refractivity contribution is 5.87. The number of para-hydroxylation sites is 2. The van der Waals surface area contributed by atoms with Gasteiger partial charge < -0.3 is 14.1 Å². The lowest BCUT2D eigenvalue weighted by atomic mass is 9.97. The molecule has 1 aliphatic heterocycles. The maximum absolute atomic E-state index is 11.6. The van der Waals surface area contributed by atoms with Gasteiger partial charge in [-0.1, -0.05) is 12.1 Å². The number of hydrogen-bond donors (Lipinski definition) is 1.